The number of ketones is 1. The van der Waals surface area contributed by atoms with E-state index in [1.54, 1.807) is 27.7 Å². The molecule has 0 spiro atoms. The van der Waals surface area contributed by atoms with Crippen molar-refractivity contribution in [1.82, 2.24) is 15.5 Å². The van der Waals surface area contributed by atoms with E-state index < -0.39 is 47.2 Å². The van der Waals surface area contributed by atoms with Gasteiger partial charge in [0.1, 0.15) is 24.0 Å². The van der Waals surface area contributed by atoms with Crippen molar-refractivity contribution in [3.8, 4) is 5.75 Å². The van der Waals surface area contributed by atoms with E-state index in [2.05, 4.69) is 10.6 Å². The topological polar surface area (TPSA) is 165 Å². The van der Waals surface area contributed by atoms with Gasteiger partial charge in [-0.1, -0.05) is 19.4 Å². The SMILES string of the molecule is C[C@@H](CC(=O)NCCCCCC(=O)COc1cccc2c1C(=O)N(C1CCC(=O)NC1=O)C2=O)C(=O)OC(C)(C)C. The predicted molar refractivity (Wildman–Crippen MR) is 145 cm³/mol. The zero-order chi connectivity index (χ0) is 30.3. The molecule has 0 saturated carbocycles. The highest BCUT2D eigenvalue weighted by Crippen LogP contribution is 2.33. The van der Waals surface area contributed by atoms with E-state index in [-0.39, 0.29) is 60.9 Å². The van der Waals surface area contributed by atoms with E-state index in [1.807, 2.05) is 0 Å². The van der Waals surface area contributed by atoms with Crippen molar-refractivity contribution in [3.05, 3.63) is 29.3 Å². The molecule has 1 aromatic carbocycles. The van der Waals surface area contributed by atoms with Gasteiger partial charge in [-0.05, 0) is 52.2 Å². The van der Waals surface area contributed by atoms with Crippen LogP contribution in [0.4, 0.5) is 0 Å². The van der Waals surface area contributed by atoms with E-state index in [0.717, 1.165) is 4.90 Å². The fraction of sp³-hybridized carbons (Fsp3) is 0.552. The van der Waals surface area contributed by atoms with Crippen LogP contribution >= 0.6 is 0 Å². The standard InChI is InChI=1S/C29H37N3O9/c1-17(28(39)41-29(2,3)4)15-23(35)30-14-7-5-6-9-18(33)16-40-21-11-8-10-19-24(21)27(38)32(26(19)37)20-12-13-22(34)31-25(20)36/h8,10-11,17,20H,5-7,9,12-16H2,1-4H3,(H,30,35)(H,31,34,36)/t17-,20?/m0/s1. The number of ether oxygens (including phenoxy) is 2. The Hall–Kier alpha value is -4.09. The smallest absolute Gasteiger partial charge is 0.309 e. The summed E-state index contributed by atoms with van der Waals surface area (Å²) in [6.07, 6.45) is 2.23. The molecule has 2 N–H and O–H groups in total. The summed E-state index contributed by atoms with van der Waals surface area (Å²) in [5.74, 6) is -3.85. The Labute approximate surface area is 238 Å². The average molecular weight is 572 g/mol. The molecule has 12 nitrogen and oxygen atoms in total. The first-order chi connectivity index (χ1) is 19.3. The lowest BCUT2D eigenvalue weighted by Gasteiger charge is -2.27. The van der Waals surface area contributed by atoms with Crippen molar-refractivity contribution >= 4 is 41.3 Å². The molecule has 1 saturated heterocycles. The van der Waals surface area contributed by atoms with Crippen molar-refractivity contribution in [3.63, 3.8) is 0 Å². The normalized spacial score (nSPS) is 17.6. The van der Waals surface area contributed by atoms with Crippen LogP contribution in [0.25, 0.3) is 0 Å². The van der Waals surface area contributed by atoms with Gasteiger partial charge in [0, 0.05) is 25.8 Å². The third-order valence-electron chi connectivity index (χ3n) is 6.57. The fourth-order valence-electron chi connectivity index (χ4n) is 4.52. The third kappa shape index (κ3) is 8.45. The monoisotopic (exact) mass is 571 g/mol. The molecule has 41 heavy (non-hydrogen) atoms. The molecule has 0 bridgehead atoms. The molecule has 1 aromatic rings. The number of Topliss-reactive ketones (excluding diaryl/α,β-unsaturated/α-hetero) is 1. The number of rotatable bonds is 13. The first kappa shape index (κ1) is 31.4. The molecule has 2 atom stereocenters. The van der Waals surface area contributed by atoms with E-state index in [4.69, 9.17) is 9.47 Å². The minimum atomic E-state index is -1.09. The van der Waals surface area contributed by atoms with Crippen LogP contribution in [0.5, 0.6) is 5.75 Å². The maximum atomic E-state index is 13.1. The number of esters is 1. The number of piperidine rings is 1. The van der Waals surface area contributed by atoms with E-state index in [0.29, 0.717) is 25.8 Å². The highest BCUT2D eigenvalue weighted by Gasteiger charge is 2.46. The van der Waals surface area contributed by atoms with Crippen LogP contribution in [0.15, 0.2) is 18.2 Å². The molecule has 2 heterocycles. The highest BCUT2D eigenvalue weighted by atomic mass is 16.6. The molecule has 0 aromatic heterocycles. The van der Waals surface area contributed by atoms with Gasteiger partial charge >= 0.3 is 5.97 Å². The zero-order valence-corrected chi connectivity index (χ0v) is 23.9. The Kier molecular flexibility index (Phi) is 10.4. The second kappa shape index (κ2) is 13.5. The Balaban J connectivity index is 1.39. The van der Waals surface area contributed by atoms with E-state index in [9.17, 15) is 33.6 Å². The summed E-state index contributed by atoms with van der Waals surface area (Å²) in [5, 5.41) is 4.92. The second-order valence-electron chi connectivity index (χ2n) is 11.3. The molecule has 222 valence electrons. The molecule has 5 amide bonds. The van der Waals surface area contributed by atoms with Crippen LogP contribution in [-0.4, -0.2) is 71.0 Å². The van der Waals surface area contributed by atoms with Gasteiger partial charge in [0.2, 0.25) is 17.7 Å². The first-order valence-corrected chi connectivity index (χ1v) is 13.8. The van der Waals surface area contributed by atoms with Crippen LogP contribution in [0.2, 0.25) is 0 Å². The Morgan fingerprint density at radius 1 is 1.07 bits per heavy atom. The molecule has 0 aliphatic carbocycles. The lowest BCUT2D eigenvalue weighted by molar-refractivity contribution is -0.160. The van der Waals surface area contributed by atoms with E-state index in [1.165, 1.54) is 18.2 Å². The largest absolute Gasteiger partial charge is 0.485 e. The van der Waals surface area contributed by atoms with Crippen molar-refractivity contribution in [1.29, 1.82) is 0 Å². The Morgan fingerprint density at radius 3 is 2.49 bits per heavy atom. The number of nitrogens with zero attached hydrogens (tertiary/aromatic N) is 1. The predicted octanol–water partition coefficient (Wildman–Crippen LogP) is 2.08. The maximum Gasteiger partial charge on any atom is 0.309 e. The molecule has 2 aliphatic heterocycles. The number of hydrogen-bond donors (Lipinski definition) is 2. The Morgan fingerprint density at radius 2 is 1.80 bits per heavy atom. The molecule has 2 aliphatic rings. The number of unbranched alkanes of at least 4 members (excludes halogenated alkanes) is 2. The molecule has 12 heteroatoms. The van der Waals surface area contributed by atoms with Crippen molar-refractivity contribution in [2.45, 2.75) is 84.3 Å². The van der Waals surface area contributed by atoms with Gasteiger partial charge < -0.3 is 14.8 Å². The van der Waals surface area contributed by atoms with Crippen LogP contribution in [-0.2, 0) is 28.7 Å². The number of fused-ring (bicyclic) bond motifs is 1. The summed E-state index contributed by atoms with van der Waals surface area (Å²) in [6, 6.07) is 3.37. The minimum absolute atomic E-state index is 0.00766. The summed E-state index contributed by atoms with van der Waals surface area (Å²) in [5.41, 5.74) is -0.542. The molecule has 1 unspecified atom stereocenters. The van der Waals surface area contributed by atoms with Gasteiger partial charge in [0.25, 0.3) is 11.8 Å². The molecule has 0 radical (unpaired) electrons. The van der Waals surface area contributed by atoms with Crippen LogP contribution in [0.1, 0.15) is 93.4 Å². The van der Waals surface area contributed by atoms with Gasteiger partial charge in [0.15, 0.2) is 5.78 Å². The first-order valence-electron chi connectivity index (χ1n) is 13.8. The second-order valence-corrected chi connectivity index (χ2v) is 11.3. The molecular weight excluding hydrogens is 534 g/mol. The number of carbonyl (C=O) groups excluding carboxylic acids is 7. The van der Waals surface area contributed by atoms with Gasteiger partial charge in [-0.25, -0.2) is 0 Å². The number of nitrogens with one attached hydrogen (secondary N) is 2. The van der Waals surface area contributed by atoms with Crippen molar-refractivity contribution in [2.75, 3.05) is 13.2 Å². The number of benzene rings is 1. The van der Waals surface area contributed by atoms with Gasteiger partial charge in [0.05, 0.1) is 17.0 Å². The van der Waals surface area contributed by atoms with Crippen LogP contribution in [0.3, 0.4) is 0 Å². The zero-order valence-electron chi connectivity index (χ0n) is 23.9. The summed E-state index contributed by atoms with van der Waals surface area (Å²) in [4.78, 5) is 87.0. The molecule has 3 rings (SSSR count). The summed E-state index contributed by atoms with van der Waals surface area (Å²) in [7, 11) is 0. The van der Waals surface area contributed by atoms with Crippen LogP contribution in [0, 0.1) is 5.92 Å². The lowest BCUT2D eigenvalue weighted by atomic mass is 10.0. The number of hydrogen-bond acceptors (Lipinski definition) is 9. The van der Waals surface area contributed by atoms with Gasteiger partial charge in [-0.2, -0.15) is 0 Å². The number of imide groups is 2. The van der Waals surface area contributed by atoms with Crippen molar-refractivity contribution in [2.24, 2.45) is 5.92 Å². The number of amides is 5. The summed E-state index contributed by atoms with van der Waals surface area (Å²) < 4.78 is 10.9. The van der Waals surface area contributed by atoms with E-state index >= 15 is 0 Å². The van der Waals surface area contributed by atoms with Crippen LogP contribution < -0.4 is 15.4 Å². The highest BCUT2D eigenvalue weighted by molar-refractivity contribution is 6.24. The van der Waals surface area contributed by atoms with Crippen molar-refractivity contribution < 1.29 is 43.0 Å². The van der Waals surface area contributed by atoms with Gasteiger partial charge in [-0.3, -0.25) is 43.8 Å². The average Bonchev–Trinajstić information content (AvgIpc) is 3.14. The maximum absolute atomic E-state index is 13.1. The summed E-state index contributed by atoms with van der Waals surface area (Å²) in [6.45, 7) is 7.07. The summed E-state index contributed by atoms with van der Waals surface area (Å²) >= 11 is 0. The fourth-order valence-corrected chi connectivity index (χ4v) is 4.52. The number of carbonyl (C=O) groups is 7. The minimum Gasteiger partial charge on any atom is -0.485 e. The molecule has 1 fully saturated rings. The van der Waals surface area contributed by atoms with Gasteiger partial charge in [-0.15, -0.1) is 0 Å². The Bertz CT molecular complexity index is 1230. The third-order valence-corrected chi connectivity index (χ3v) is 6.57. The quantitative estimate of drug-likeness (QED) is 0.205. The lowest BCUT2D eigenvalue weighted by Crippen LogP contribution is -2.54. The molecular formula is C29H37N3O9.